The van der Waals surface area contributed by atoms with Crippen molar-refractivity contribution in [2.24, 2.45) is 5.84 Å². The van der Waals surface area contributed by atoms with Gasteiger partial charge in [0.15, 0.2) is 0 Å². The number of hydrogen-bond acceptors (Lipinski definition) is 7. The normalized spacial score (nSPS) is 13.6. The number of pyridine rings is 1. The predicted octanol–water partition coefficient (Wildman–Crippen LogP) is 0.844. The number of nitrogens with one attached hydrogen (secondary N) is 2. The Bertz CT molecular complexity index is 482. The summed E-state index contributed by atoms with van der Waals surface area (Å²) in [5.74, 6) is 5.69. The summed E-state index contributed by atoms with van der Waals surface area (Å²) in [6.07, 6.45) is 2.26. The predicted molar refractivity (Wildman–Crippen MR) is 75.3 cm³/mol. The Labute approximate surface area is 113 Å². The molecule has 1 aromatic heterocycles. The number of nitrogen functional groups attached to an aromatic ring is 1. The van der Waals surface area contributed by atoms with E-state index in [4.69, 9.17) is 5.84 Å². The summed E-state index contributed by atoms with van der Waals surface area (Å²) in [4.78, 5) is 14.3. The van der Waals surface area contributed by atoms with Gasteiger partial charge in [-0.3, -0.25) is 14.3 Å². The van der Waals surface area contributed by atoms with Crippen LogP contribution in [0.2, 0.25) is 0 Å². The van der Waals surface area contributed by atoms with Crippen molar-refractivity contribution in [3.63, 3.8) is 0 Å². The van der Waals surface area contributed by atoms with E-state index in [-0.39, 0.29) is 16.8 Å². The van der Waals surface area contributed by atoms with Gasteiger partial charge < -0.3 is 10.7 Å². The maximum atomic E-state index is 11.2. The first-order valence-corrected chi connectivity index (χ1v) is 7.26. The maximum Gasteiger partial charge on any atom is 0.311 e. The van der Waals surface area contributed by atoms with Crippen LogP contribution in [-0.4, -0.2) is 32.2 Å². The summed E-state index contributed by atoms with van der Waals surface area (Å²) >= 11 is 0. The Morgan fingerprint density at radius 2 is 2.26 bits per heavy atom. The minimum Gasteiger partial charge on any atom is -0.364 e. The molecule has 4 N–H and O–H groups in total. The number of hydrogen-bond donors (Lipinski definition) is 3. The second kappa shape index (κ2) is 7.00. The topological polar surface area (TPSA) is 123 Å². The van der Waals surface area contributed by atoms with E-state index in [1.807, 2.05) is 6.92 Å². The lowest BCUT2D eigenvalue weighted by Crippen LogP contribution is -2.16. The molecule has 1 heterocycles. The van der Waals surface area contributed by atoms with Gasteiger partial charge in [-0.15, -0.1) is 0 Å². The van der Waals surface area contributed by atoms with Crippen molar-refractivity contribution in [1.82, 2.24) is 4.98 Å². The highest BCUT2D eigenvalue weighted by atomic mass is 32.2. The Morgan fingerprint density at radius 3 is 2.79 bits per heavy atom. The Morgan fingerprint density at radius 1 is 1.58 bits per heavy atom. The van der Waals surface area contributed by atoms with Gasteiger partial charge in [0, 0.05) is 34.9 Å². The number of anilines is 2. The van der Waals surface area contributed by atoms with Gasteiger partial charge in [-0.1, -0.05) is 6.92 Å². The van der Waals surface area contributed by atoms with Crippen molar-refractivity contribution in [3.05, 3.63) is 22.2 Å². The number of nitrogens with two attached hydrogens (primary N) is 1. The van der Waals surface area contributed by atoms with Gasteiger partial charge in [-0.2, -0.15) is 0 Å². The number of hydrazine groups is 1. The molecule has 2 atom stereocenters. The minimum atomic E-state index is -0.915. The van der Waals surface area contributed by atoms with Crippen LogP contribution in [0.1, 0.15) is 13.3 Å². The zero-order valence-corrected chi connectivity index (χ0v) is 11.6. The molecular weight excluding hydrogens is 270 g/mol. The van der Waals surface area contributed by atoms with Gasteiger partial charge in [0.25, 0.3) is 0 Å². The summed E-state index contributed by atoms with van der Waals surface area (Å²) < 4.78 is 11.2. The van der Waals surface area contributed by atoms with E-state index in [1.165, 1.54) is 12.1 Å². The van der Waals surface area contributed by atoms with Crippen molar-refractivity contribution in [2.45, 2.75) is 18.6 Å². The second-order valence-electron chi connectivity index (χ2n) is 3.99. The highest BCUT2D eigenvalue weighted by Crippen LogP contribution is 2.23. The van der Waals surface area contributed by atoms with Crippen LogP contribution in [0.15, 0.2) is 12.1 Å². The van der Waals surface area contributed by atoms with E-state index in [2.05, 4.69) is 15.7 Å². The third-order valence-electron chi connectivity index (χ3n) is 2.63. The largest absolute Gasteiger partial charge is 0.364 e. The summed E-state index contributed by atoms with van der Waals surface area (Å²) in [6, 6.07) is 2.75. The molecule has 0 spiro atoms. The molecule has 0 aliphatic heterocycles. The molecule has 0 aliphatic carbocycles. The third kappa shape index (κ3) is 4.45. The molecule has 0 fully saturated rings. The van der Waals surface area contributed by atoms with Crippen molar-refractivity contribution >= 4 is 28.1 Å². The highest BCUT2D eigenvalue weighted by molar-refractivity contribution is 7.84. The van der Waals surface area contributed by atoms with Crippen LogP contribution >= 0.6 is 0 Å². The van der Waals surface area contributed by atoms with E-state index < -0.39 is 15.7 Å². The van der Waals surface area contributed by atoms with E-state index in [0.717, 1.165) is 0 Å². The lowest BCUT2D eigenvalue weighted by Gasteiger charge is -2.10. The fourth-order valence-electron chi connectivity index (χ4n) is 1.37. The van der Waals surface area contributed by atoms with E-state index in [1.54, 1.807) is 6.26 Å². The third-order valence-corrected chi connectivity index (χ3v) is 4.00. The van der Waals surface area contributed by atoms with Gasteiger partial charge in [-0.25, -0.2) is 10.8 Å². The molecular formula is C10H17N5O3S. The molecule has 19 heavy (non-hydrogen) atoms. The smallest absolute Gasteiger partial charge is 0.311 e. The lowest BCUT2D eigenvalue weighted by atomic mass is 10.3. The first kappa shape index (κ1) is 15.3. The Kier molecular flexibility index (Phi) is 5.64. The van der Waals surface area contributed by atoms with Gasteiger partial charge in [0.05, 0.1) is 4.92 Å². The first-order chi connectivity index (χ1) is 8.95. The Balaban J connectivity index is 2.75. The van der Waals surface area contributed by atoms with Crippen LogP contribution in [-0.2, 0) is 10.8 Å². The van der Waals surface area contributed by atoms with Crippen molar-refractivity contribution in [1.29, 1.82) is 0 Å². The van der Waals surface area contributed by atoms with Gasteiger partial charge >= 0.3 is 5.69 Å². The summed E-state index contributed by atoms with van der Waals surface area (Å²) in [6.45, 7) is 2.31. The van der Waals surface area contributed by atoms with Crippen LogP contribution in [0.5, 0.6) is 0 Å². The van der Waals surface area contributed by atoms with E-state index in [9.17, 15) is 14.3 Å². The molecule has 1 rings (SSSR count). The molecule has 8 nitrogen and oxygen atoms in total. The second-order valence-corrected chi connectivity index (χ2v) is 5.79. The molecule has 2 unspecified atom stereocenters. The maximum absolute atomic E-state index is 11.2. The molecule has 0 aliphatic rings. The van der Waals surface area contributed by atoms with E-state index in [0.29, 0.717) is 18.8 Å². The van der Waals surface area contributed by atoms with Crippen LogP contribution in [0.3, 0.4) is 0 Å². The lowest BCUT2D eigenvalue weighted by molar-refractivity contribution is -0.384. The standard InChI is InChI=1S/C10H17N5O3S/c1-7(19(2)18)5-6-12-10-8(15(16)17)3-4-9(13-10)14-11/h3-4,7H,5-6,11H2,1-2H3,(H2,12,13,14). The van der Waals surface area contributed by atoms with Gasteiger partial charge in [0.1, 0.15) is 5.82 Å². The molecule has 0 amide bonds. The molecule has 9 heteroatoms. The zero-order chi connectivity index (χ0) is 14.4. The van der Waals surface area contributed by atoms with E-state index >= 15 is 0 Å². The van der Waals surface area contributed by atoms with Crippen LogP contribution in [0, 0.1) is 10.1 Å². The number of nitro groups is 1. The first-order valence-electron chi connectivity index (χ1n) is 5.64. The van der Waals surface area contributed by atoms with Crippen LogP contribution in [0.25, 0.3) is 0 Å². The zero-order valence-electron chi connectivity index (χ0n) is 10.8. The van der Waals surface area contributed by atoms with Gasteiger partial charge in [-0.05, 0) is 12.5 Å². The van der Waals surface area contributed by atoms with Crippen molar-refractivity contribution in [3.8, 4) is 0 Å². The molecule has 0 saturated heterocycles. The molecule has 0 saturated carbocycles. The SMILES string of the molecule is CC(CCNc1nc(NN)ccc1[N+](=O)[O-])S(C)=O. The molecule has 0 aromatic carbocycles. The summed E-state index contributed by atoms with van der Waals surface area (Å²) in [7, 11) is -0.915. The molecule has 0 bridgehead atoms. The van der Waals surface area contributed by atoms with Crippen molar-refractivity contribution in [2.75, 3.05) is 23.5 Å². The summed E-state index contributed by atoms with van der Waals surface area (Å²) in [5.41, 5.74) is 2.21. The fraction of sp³-hybridized carbons (Fsp3) is 0.500. The fourth-order valence-corrected chi connectivity index (χ4v) is 1.82. The number of nitrogens with zero attached hydrogens (tertiary/aromatic N) is 2. The van der Waals surface area contributed by atoms with Gasteiger partial charge in [0.2, 0.25) is 5.82 Å². The highest BCUT2D eigenvalue weighted by Gasteiger charge is 2.16. The number of rotatable bonds is 7. The summed E-state index contributed by atoms with van der Waals surface area (Å²) in [5, 5.41) is 13.7. The van der Waals surface area contributed by atoms with Crippen LogP contribution < -0.4 is 16.6 Å². The number of aromatic nitrogens is 1. The quantitative estimate of drug-likeness (QED) is 0.386. The Hall–Kier alpha value is -1.74. The average Bonchev–Trinajstić information content (AvgIpc) is 2.37. The molecule has 106 valence electrons. The van der Waals surface area contributed by atoms with Crippen LogP contribution in [0.4, 0.5) is 17.3 Å². The molecule has 1 aromatic rings. The minimum absolute atomic E-state index is 0.0161. The average molecular weight is 287 g/mol. The molecule has 0 radical (unpaired) electrons. The monoisotopic (exact) mass is 287 g/mol. The van der Waals surface area contributed by atoms with Crippen molar-refractivity contribution < 1.29 is 9.13 Å².